The van der Waals surface area contributed by atoms with Crippen LogP contribution in [0.5, 0.6) is 0 Å². The van der Waals surface area contributed by atoms with Crippen molar-refractivity contribution in [3.05, 3.63) is 72.6 Å². The molecule has 0 amide bonds. The van der Waals surface area contributed by atoms with Gasteiger partial charge in [-0.1, -0.05) is 38.6 Å². The number of hydrogen-bond donors (Lipinski definition) is 2. The lowest BCUT2D eigenvalue weighted by Crippen LogP contribution is -2.28. The first-order chi connectivity index (χ1) is 15.7. The number of anilines is 2. The summed E-state index contributed by atoms with van der Waals surface area (Å²) >= 11 is 0. The average Bonchev–Trinajstić information content (AvgIpc) is 3.13. The number of rotatable bonds is 7. The number of hydrogen-bond acceptors (Lipinski definition) is 6. The molecule has 4 rings (SSSR count). The van der Waals surface area contributed by atoms with Crippen LogP contribution in [-0.4, -0.2) is 45.5 Å². The number of nitrogens with one attached hydrogen (secondary N) is 1. The molecule has 0 unspecified atom stereocenters. The Morgan fingerprint density at radius 3 is 2.45 bits per heavy atom. The fourth-order valence-electron chi connectivity index (χ4n) is 3.58. The van der Waals surface area contributed by atoms with Crippen molar-refractivity contribution in [3.63, 3.8) is 0 Å². The molecule has 0 spiro atoms. The van der Waals surface area contributed by atoms with Crippen LogP contribution >= 0.6 is 0 Å². The molecule has 2 aromatic heterocycles. The lowest BCUT2D eigenvalue weighted by atomic mass is 9.84. The Morgan fingerprint density at radius 1 is 1.09 bits per heavy atom. The van der Waals surface area contributed by atoms with Gasteiger partial charge in [-0.15, -0.1) is 15.3 Å². The van der Waals surface area contributed by atoms with Crippen LogP contribution in [0.4, 0.5) is 16.0 Å². The topological polar surface area (TPSA) is 84.9 Å². The molecule has 0 fully saturated rings. The molecule has 0 aliphatic carbocycles. The van der Waals surface area contributed by atoms with Crippen molar-refractivity contribution in [3.8, 4) is 11.3 Å². The highest BCUT2D eigenvalue weighted by Gasteiger charge is 2.21. The van der Waals surface area contributed by atoms with Gasteiger partial charge < -0.3 is 16.0 Å². The third-order valence-electron chi connectivity index (χ3n) is 5.77. The summed E-state index contributed by atoms with van der Waals surface area (Å²) in [6.45, 7) is 8.88. The molecular formula is C25H28FN7. The van der Waals surface area contributed by atoms with E-state index in [4.69, 9.17) is 5.73 Å². The third-order valence-corrected chi connectivity index (χ3v) is 5.77. The van der Waals surface area contributed by atoms with E-state index in [0.29, 0.717) is 18.2 Å². The highest BCUT2D eigenvalue weighted by Crippen LogP contribution is 2.29. The maximum Gasteiger partial charge on any atom is 0.153 e. The summed E-state index contributed by atoms with van der Waals surface area (Å²) in [5, 5.41) is 17.3. The van der Waals surface area contributed by atoms with Crippen LogP contribution in [0.1, 0.15) is 19.4 Å². The highest BCUT2D eigenvalue weighted by molar-refractivity contribution is 5.94. The number of aromatic nitrogens is 4. The van der Waals surface area contributed by atoms with Crippen molar-refractivity contribution in [2.45, 2.75) is 19.3 Å². The van der Waals surface area contributed by atoms with Crippen LogP contribution in [0.2, 0.25) is 0 Å². The van der Waals surface area contributed by atoms with Gasteiger partial charge in [-0.2, -0.15) is 0 Å². The smallest absolute Gasteiger partial charge is 0.153 e. The van der Waals surface area contributed by atoms with Gasteiger partial charge in [-0.3, -0.25) is 0 Å². The number of fused-ring (bicyclic) bond motifs is 1. The predicted molar refractivity (Wildman–Crippen MR) is 132 cm³/mol. The van der Waals surface area contributed by atoms with Crippen molar-refractivity contribution in [2.24, 2.45) is 0 Å². The Hall–Kier alpha value is -3.94. The minimum Gasteiger partial charge on any atom is -0.382 e. The Balaban J connectivity index is 1.51. The molecule has 0 radical (unpaired) electrons. The number of nitrogen functional groups attached to an aromatic ring is 1. The lowest BCUT2D eigenvalue weighted by Gasteiger charge is -2.25. The molecule has 0 atom stereocenters. The van der Waals surface area contributed by atoms with Gasteiger partial charge in [0.05, 0.1) is 11.2 Å². The van der Waals surface area contributed by atoms with E-state index in [2.05, 4.69) is 41.0 Å². The van der Waals surface area contributed by atoms with Crippen LogP contribution in [0, 0.1) is 5.82 Å². The summed E-state index contributed by atoms with van der Waals surface area (Å²) in [6.07, 6.45) is 0. The zero-order valence-electron chi connectivity index (χ0n) is 19.3. The SMILES string of the molecule is C=C(N(C)C)n1nc(N)c2cc(-c3ccc(NCC(C)(C)c4ccc(F)cc4)nn3)ccc21. The minimum absolute atomic E-state index is 0.201. The second kappa shape index (κ2) is 8.54. The molecule has 2 heterocycles. The predicted octanol–water partition coefficient (Wildman–Crippen LogP) is 4.59. The number of benzene rings is 2. The monoisotopic (exact) mass is 445 g/mol. The van der Waals surface area contributed by atoms with E-state index < -0.39 is 0 Å². The summed E-state index contributed by atoms with van der Waals surface area (Å²) in [6, 6.07) is 16.3. The van der Waals surface area contributed by atoms with E-state index in [9.17, 15) is 4.39 Å². The van der Waals surface area contributed by atoms with Gasteiger partial charge in [0.1, 0.15) is 17.5 Å². The quantitative estimate of drug-likeness (QED) is 0.433. The van der Waals surface area contributed by atoms with Gasteiger partial charge in [0.15, 0.2) is 5.82 Å². The summed E-state index contributed by atoms with van der Waals surface area (Å²) in [4.78, 5) is 1.88. The van der Waals surface area contributed by atoms with E-state index in [1.807, 2.05) is 61.5 Å². The van der Waals surface area contributed by atoms with E-state index in [1.54, 1.807) is 4.68 Å². The second-order valence-electron chi connectivity index (χ2n) is 8.89. The highest BCUT2D eigenvalue weighted by atomic mass is 19.1. The number of halogens is 1. The maximum atomic E-state index is 13.2. The zero-order valence-corrected chi connectivity index (χ0v) is 19.3. The molecule has 8 heteroatoms. The lowest BCUT2D eigenvalue weighted by molar-refractivity contribution is 0.548. The molecule has 170 valence electrons. The van der Waals surface area contributed by atoms with Gasteiger partial charge in [0.25, 0.3) is 0 Å². The Morgan fingerprint density at radius 2 is 1.82 bits per heavy atom. The first-order valence-corrected chi connectivity index (χ1v) is 10.6. The van der Waals surface area contributed by atoms with Gasteiger partial charge in [0.2, 0.25) is 0 Å². The first-order valence-electron chi connectivity index (χ1n) is 10.6. The normalized spacial score (nSPS) is 11.5. The summed E-state index contributed by atoms with van der Waals surface area (Å²) in [5.41, 5.74) is 9.52. The molecule has 2 aromatic carbocycles. The Labute approximate surface area is 192 Å². The van der Waals surface area contributed by atoms with Crippen LogP contribution in [0.25, 0.3) is 28.0 Å². The standard InChI is InChI=1S/C25H28FN7/c1-16(32(4)5)33-22-12-6-17(14-20(22)24(27)31-33)21-11-13-23(30-29-21)28-15-25(2,3)18-7-9-19(26)10-8-18/h6-14H,1,15H2,2-5H3,(H2,27,31)(H,28,30). The van der Waals surface area contributed by atoms with Gasteiger partial charge in [-0.05, 0) is 42.0 Å². The van der Waals surface area contributed by atoms with E-state index >= 15 is 0 Å². The van der Waals surface area contributed by atoms with Crippen LogP contribution < -0.4 is 11.1 Å². The van der Waals surface area contributed by atoms with Crippen molar-refractivity contribution >= 4 is 28.4 Å². The van der Waals surface area contributed by atoms with Gasteiger partial charge in [0, 0.05) is 37.0 Å². The summed E-state index contributed by atoms with van der Waals surface area (Å²) in [7, 11) is 3.82. The fourth-order valence-corrected chi connectivity index (χ4v) is 3.58. The molecule has 3 N–H and O–H groups in total. The number of nitrogens with two attached hydrogens (primary N) is 1. The Kier molecular flexibility index (Phi) is 5.76. The molecule has 33 heavy (non-hydrogen) atoms. The minimum atomic E-state index is -0.237. The van der Waals surface area contributed by atoms with E-state index in [1.165, 1.54) is 12.1 Å². The molecular weight excluding hydrogens is 417 g/mol. The summed E-state index contributed by atoms with van der Waals surface area (Å²) < 4.78 is 15.0. The van der Waals surface area contributed by atoms with Crippen molar-refractivity contribution in [1.29, 1.82) is 0 Å². The summed E-state index contributed by atoms with van der Waals surface area (Å²) in [5.74, 6) is 1.59. The molecule has 4 aromatic rings. The van der Waals surface area contributed by atoms with Crippen molar-refractivity contribution < 1.29 is 4.39 Å². The largest absolute Gasteiger partial charge is 0.382 e. The molecule has 0 saturated heterocycles. The van der Waals surface area contributed by atoms with Gasteiger partial charge in [-0.25, -0.2) is 9.07 Å². The number of nitrogens with zero attached hydrogens (tertiary/aromatic N) is 5. The molecule has 0 bridgehead atoms. The van der Waals surface area contributed by atoms with E-state index in [-0.39, 0.29) is 11.2 Å². The van der Waals surface area contributed by atoms with Crippen LogP contribution in [0.3, 0.4) is 0 Å². The van der Waals surface area contributed by atoms with Crippen LogP contribution in [0.15, 0.2) is 61.2 Å². The van der Waals surface area contributed by atoms with E-state index in [0.717, 1.165) is 33.5 Å². The fraction of sp³-hybridized carbons (Fsp3) is 0.240. The third kappa shape index (κ3) is 4.50. The molecule has 0 aliphatic rings. The average molecular weight is 446 g/mol. The van der Waals surface area contributed by atoms with Gasteiger partial charge >= 0.3 is 0 Å². The Bertz CT molecular complexity index is 1290. The first kappa shape index (κ1) is 22.3. The van der Waals surface area contributed by atoms with Crippen molar-refractivity contribution in [2.75, 3.05) is 31.7 Å². The molecule has 0 aliphatic heterocycles. The van der Waals surface area contributed by atoms with Crippen molar-refractivity contribution in [1.82, 2.24) is 24.9 Å². The second-order valence-corrected chi connectivity index (χ2v) is 8.89. The molecule has 7 nitrogen and oxygen atoms in total. The molecule has 0 saturated carbocycles. The van der Waals surface area contributed by atoms with Crippen LogP contribution in [-0.2, 0) is 5.41 Å². The zero-order chi connectivity index (χ0) is 23.8. The maximum absolute atomic E-state index is 13.2.